The van der Waals surface area contributed by atoms with Crippen LogP contribution in [-0.2, 0) is 0 Å². The van der Waals surface area contributed by atoms with E-state index in [1.807, 2.05) is 17.9 Å². The fourth-order valence-electron chi connectivity index (χ4n) is 2.88. The standard InChI is InChI=1S/C16H23ClN2O/c1-11-9-12(10-14(17)18-11)15(20)19-7-5-13(6-8-19)16(2,3)4/h9-10,13H,5-8H2,1-4H3. The van der Waals surface area contributed by atoms with Gasteiger partial charge in [0.05, 0.1) is 0 Å². The molecular weight excluding hydrogens is 272 g/mol. The van der Waals surface area contributed by atoms with Gasteiger partial charge in [0, 0.05) is 24.3 Å². The van der Waals surface area contributed by atoms with Crippen LogP contribution in [0.15, 0.2) is 12.1 Å². The van der Waals surface area contributed by atoms with Crippen LogP contribution in [0.2, 0.25) is 5.15 Å². The van der Waals surface area contributed by atoms with Crippen LogP contribution in [0, 0.1) is 18.3 Å². The number of nitrogens with zero attached hydrogens (tertiary/aromatic N) is 2. The number of hydrogen-bond acceptors (Lipinski definition) is 2. The summed E-state index contributed by atoms with van der Waals surface area (Å²) < 4.78 is 0. The zero-order valence-electron chi connectivity index (χ0n) is 12.7. The maximum Gasteiger partial charge on any atom is 0.254 e. The van der Waals surface area contributed by atoms with Gasteiger partial charge < -0.3 is 4.90 Å². The lowest BCUT2D eigenvalue weighted by Gasteiger charge is -2.38. The first kappa shape index (κ1) is 15.3. The van der Waals surface area contributed by atoms with E-state index in [-0.39, 0.29) is 5.91 Å². The molecule has 0 bridgehead atoms. The Morgan fingerprint density at radius 3 is 2.40 bits per heavy atom. The number of pyridine rings is 1. The molecule has 1 saturated heterocycles. The maximum atomic E-state index is 12.5. The molecule has 0 aromatic carbocycles. The van der Waals surface area contributed by atoms with E-state index in [4.69, 9.17) is 11.6 Å². The summed E-state index contributed by atoms with van der Waals surface area (Å²) in [6.07, 6.45) is 2.15. The van der Waals surface area contributed by atoms with E-state index in [2.05, 4.69) is 25.8 Å². The Morgan fingerprint density at radius 2 is 1.90 bits per heavy atom. The molecule has 0 atom stereocenters. The average Bonchev–Trinajstić information content (AvgIpc) is 2.36. The number of aromatic nitrogens is 1. The SMILES string of the molecule is Cc1cc(C(=O)N2CCC(C(C)(C)C)CC2)cc(Cl)n1. The Balaban J connectivity index is 2.05. The summed E-state index contributed by atoms with van der Waals surface area (Å²) in [6.45, 7) is 10.4. The Morgan fingerprint density at radius 1 is 1.30 bits per heavy atom. The summed E-state index contributed by atoms with van der Waals surface area (Å²) in [6, 6.07) is 3.47. The lowest BCUT2D eigenvalue weighted by molar-refractivity contribution is 0.0608. The minimum absolute atomic E-state index is 0.0739. The van der Waals surface area contributed by atoms with Crippen molar-refractivity contribution in [3.05, 3.63) is 28.5 Å². The van der Waals surface area contributed by atoms with E-state index in [1.54, 1.807) is 6.07 Å². The van der Waals surface area contributed by atoms with E-state index in [0.29, 0.717) is 22.0 Å². The molecule has 1 aromatic heterocycles. The molecule has 1 fully saturated rings. The van der Waals surface area contributed by atoms with E-state index < -0.39 is 0 Å². The molecule has 0 saturated carbocycles. The Kier molecular flexibility index (Phi) is 4.38. The summed E-state index contributed by atoms with van der Waals surface area (Å²) in [4.78, 5) is 18.5. The summed E-state index contributed by atoms with van der Waals surface area (Å²) in [5, 5.41) is 0.387. The summed E-state index contributed by atoms with van der Waals surface area (Å²) in [5.74, 6) is 0.763. The summed E-state index contributed by atoms with van der Waals surface area (Å²) in [7, 11) is 0. The van der Waals surface area contributed by atoms with Crippen molar-refractivity contribution in [3.63, 3.8) is 0 Å². The molecule has 1 aliphatic rings. The van der Waals surface area contributed by atoms with Gasteiger partial charge >= 0.3 is 0 Å². The predicted molar refractivity (Wildman–Crippen MR) is 82.1 cm³/mol. The molecular formula is C16H23ClN2O. The van der Waals surface area contributed by atoms with Crippen LogP contribution in [0.1, 0.15) is 49.7 Å². The van der Waals surface area contributed by atoms with Crippen molar-refractivity contribution in [1.82, 2.24) is 9.88 Å². The fraction of sp³-hybridized carbons (Fsp3) is 0.625. The molecule has 0 N–H and O–H groups in total. The summed E-state index contributed by atoms with van der Waals surface area (Å²) in [5.41, 5.74) is 1.76. The number of carbonyl (C=O) groups is 1. The van der Waals surface area contributed by atoms with Crippen LogP contribution in [0.4, 0.5) is 0 Å². The number of halogens is 1. The molecule has 1 aliphatic heterocycles. The summed E-state index contributed by atoms with van der Waals surface area (Å²) >= 11 is 5.93. The van der Waals surface area contributed by atoms with Gasteiger partial charge in [-0.2, -0.15) is 0 Å². The second-order valence-electron chi connectivity index (χ2n) is 6.75. The molecule has 0 radical (unpaired) electrons. The lowest BCUT2D eigenvalue weighted by atomic mass is 9.75. The van der Waals surface area contributed by atoms with Gasteiger partial charge in [-0.05, 0) is 43.2 Å². The van der Waals surface area contributed by atoms with Crippen molar-refractivity contribution < 1.29 is 4.79 Å². The normalized spacial score (nSPS) is 17.4. The van der Waals surface area contributed by atoms with Crippen molar-refractivity contribution in [2.24, 2.45) is 11.3 Å². The smallest absolute Gasteiger partial charge is 0.254 e. The molecule has 0 spiro atoms. The van der Waals surface area contributed by atoms with E-state index in [9.17, 15) is 4.79 Å². The Bertz CT molecular complexity index is 479. The molecule has 4 heteroatoms. The predicted octanol–water partition coefficient (Wildman–Crippen LogP) is 3.94. The maximum absolute atomic E-state index is 12.5. The first-order valence-electron chi connectivity index (χ1n) is 7.21. The average molecular weight is 295 g/mol. The first-order valence-corrected chi connectivity index (χ1v) is 7.58. The van der Waals surface area contributed by atoms with Gasteiger partial charge in [-0.3, -0.25) is 4.79 Å². The van der Waals surface area contributed by atoms with Crippen molar-refractivity contribution in [2.75, 3.05) is 13.1 Å². The zero-order valence-corrected chi connectivity index (χ0v) is 13.5. The second kappa shape index (κ2) is 5.72. The van der Waals surface area contributed by atoms with Gasteiger partial charge in [0.25, 0.3) is 5.91 Å². The minimum atomic E-state index is 0.0739. The molecule has 1 aromatic rings. The highest BCUT2D eigenvalue weighted by Crippen LogP contribution is 2.34. The highest BCUT2D eigenvalue weighted by Gasteiger charge is 2.30. The molecule has 2 rings (SSSR count). The molecule has 3 nitrogen and oxygen atoms in total. The Labute approximate surface area is 126 Å². The van der Waals surface area contributed by atoms with Gasteiger partial charge in [0.1, 0.15) is 5.15 Å². The number of likely N-dealkylation sites (tertiary alicyclic amines) is 1. The minimum Gasteiger partial charge on any atom is -0.339 e. The van der Waals surface area contributed by atoms with Crippen LogP contribution in [0.3, 0.4) is 0 Å². The van der Waals surface area contributed by atoms with E-state index >= 15 is 0 Å². The van der Waals surface area contributed by atoms with E-state index in [1.165, 1.54) is 0 Å². The van der Waals surface area contributed by atoms with Gasteiger partial charge in [0.15, 0.2) is 0 Å². The van der Waals surface area contributed by atoms with Crippen LogP contribution in [0.5, 0.6) is 0 Å². The van der Waals surface area contributed by atoms with Gasteiger partial charge in [-0.15, -0.1) is 0 Å². The van der Waals surface area contributed by atoms with Gasteiger partial charge in [-0.1, -0.05) is 32.4 Å². The topological polar surface area (TPSA) is 33.2 Å². The zero-order chi connectivity index (χ0) is 14.9. The lowest BCUT2D eigenvalue weighted by Crippen LogP contribution is -2.41. The molecule has 0 aliphatic carbocycles. The highest BCUT2D eigenvalue weighted by molar-refractivity contribution is 6.29. The number of carbonyl (C=O) groups excluding carboxylic acids is 1. The largest absolute Gasteiger partial charge is 0.339 e. The number of amides is 1. The van der Waals surface area contributed by atoms with Gasteiger partial charge in [0.2, 0.25) is 0 Å². The second-order valence-corrected chi connectivity index (χ2v) is 7.14. The third kappa shape index (κ3) is 3.51. The quantitative estimate of drug-likeness (QED) is 0.735. The van der Waals surface area contributed by atoms with Crippen LogP contribution in [-0.4, -0.2) is 28.9 Å². The van der Waals surface area contributed by atoms with E-state index in [0.717, 1.165) is 31.6 Å². The van der Waals surface area contributed by atoms with Crippen LogP contribution < -0.4 is 0 Å². The highest BCUT2D eigenvalue weighted by atomic mass is 35.5. The Hall–Kier alpha value is -1.09. The van der Waals surface area contributed by atoms with Gasteiger partial charge in [-0.25, -0.2) is 4.98 Å². The van der Waals surface area contributed by atoms with Crippen molar-refractivity contribution >= 4 is 17.5 Å². The number of hydrogen-bond donors (Lipinski definition) is 0. The van der Waals surface area contributed by atoms with Crippen molar-refractivity contribution in [3.8, 4) is 0 Å². The molecule has 110 valence electrons. The monoisotopic (exact) mass is 294 g/mol. The van der Waals surface area contributed by atoms with Crippen molar-refractivity contribution in [1.29, 1.82) is 0 Å². The molecule has 1 amide bonds. The van der Waals surface area contributed by atoms with Crippen LogP contribution >= 0.6 is 11.6 Å². The number of aryl methyl sites for hydroxylation is 1. The third-order valence-electron chi connectivity index (χ3n) is 4.18. The number of rotatable bonds is 1. The molecule has 0 unspecified atom stereocenters. The molecule has 2 heterocycles. The fourth-order valence-corrected chi connectivity index (χ4v) is 3.13. The molecule has 20 heavy (non-hydrogen) atoms. The number of piperidine rings is 1. The van der Waals surface area contributed by atoms with Crippen LogP contribution in [0.25, 0.3) is 0 Å². The third-order valence-corrected chi connectivity index (χ3v) is 4.37. The first-order chi connectivity index (χ1) is 9.27. The van der Waals surface area contributed by atoms with Crippen molar-refractivity contribution in [2.45, 2.75) is 40.5 Å².